The first-order valence-electron chi connectivity index (χ1n) is 7.11. The van der Waals surface area contributed by atoms with E-state index in [1.54, 1.807) is 0 Å². The Morgan fingerprint density at radius 2 is 2.15 bits per heavy atom. The highest BCUT2D eigenvalue weighted by Gasteiger charge is 2.45. The number of benzene rings is 1. The molecule has 4 nitrogen and oxygen atoms in total. The lowest BCUT2D eigenvalue weighted by Gasteiger charge is -2.37. The predicted molar refractivity (Wildman–Crippen MR) is 77.3 cm³/mol. The molecule has 4 heteroatoms. The lowest BCUT2D eigenvalue weighted by Crippen LogP contribution is -2.50. The lowest BCUT2D eigenvalue weighted by molar-refractivity contribution is -0.0731. The zero-order chi connectivity index (χ0) is 14.8. The molecular weight excluding hydrogens is 254 g/mol. The van der Waals surface area contributed by atoms with E-state index in [1.807, 2.05) is 56.0 Å². The highest BCUT2D eigenvalue weighted by atomic mass is 16.5. The van der Waals surface area contributed by atoms with Crippen molar-refractivity contribution in [3.05, 3.63) is 35.9 Å². The van der Waals surface area contributed by atoms with Crippen LogP contribution in [0.25, 0.3) is 0 Å². The van der Waals surface area contributed by atoms with Gasteiger partial charge in [0.05, 0.1) is 12.6 Å². The third-order valence-electron chi connectivity index (χ3n) is 3.86. The quantitative estimate of drug-likeness (QED) is 0.918. The van der Waals surface area contributed by atoms with Crippen molar-refractivity contribution in [2.24, 2.45) is 5.92 Å². The SMILES string of the molecule is C[C@@H](CO)C[C@@]1(C)OC[C@@H](C)N1C(=O)c1ccccc1. The zero-order valence-corrected chi connectivity index (χ0v) is 12.4. The number of aliphatic hydroxyl groups is 1. The number of aliphatic hydroxyl groups excluding tert-OH is 1. The van der Waals surface area contributed by atoms with Crippen LogP contribution >= 0.6 is 0 Å². The molecule has 0 bridgehead atoms. The first kappa shape index (κ1) is 15.0. The van der Waals surface area contributed by atoms with Crippen LogP contribution in [0.4, 0.5) is 0 Å². The normalized spacial score (nSPS) is 27.6. The molecule has 3 atom stereocenters. The maximum atomic E-state index is 12.7. The highest BCUT2D eigenvalue weighted by molar-refractivity contribution is 5.95. The summed E-state index contributed by atoms with van der Waals surface area (Å²) in [6.07, 6.45) is 0.631. The number of ether oxygens (including phenoxy) is 1. The summed E-state index contributed by atoms with van der Waals surface area (Å²) in [7, 11) is 0. The first-order chi connectivity index (χ1) is 9.48. The zero-order valence-electron chi connectivity index (χ0n) is 12.4. The van der Waals surface area contributed by atoms with Crippen LogP contribution in [0.1, 0.15) is 37.6 Å². The number of rotatable bonds is 4. The Morgan fingerprint density at radius 1 is 1.50 bits per heavy atom. The molecule has 1 heterocycles. The molecule has 1 aliphatic rings. The summed E-state index contributed by atoms with van der Waals surface area (Å²) in [6, 6.07) is 9.31. The summed E-state index contributed by atoms with van der Waals surface area (Å²) in [5.41, 5.74) is 0.0295. The van der Waals surface area contributed by atoms with Crippen molar-refractivity contribution >= 4 is 5.91 Å². The molecule has 1 N–H and O–H groups in total. The average molecular weight is 277 g/mol. The fourth-order valence-corrected chi connectivity index (χ4v) is 2.91. The number of hydrogen-bond donors (Lipinski definition) is 1. The number of amides is 1. The van der Waals surface area contributed by atoms with Crippen LogP contribution in [-0.4, -0.2) is 40.9 Å². The standard InChI is InChI=1S/C16H23NO3/c1-12(10-18)9-16(3)17(13(2)11-20-16)15(19)14-7-5-4-6-8-14/h4-8,12-13,18H,9-11H2,1-3H3/t12-,13-,16-/m1/s1. The second-order valence-electron chi connectivity index (χ2n) is 5.87. The van der Waals surface area contributed by atoms with Gasteiger partial charge in [-0.05, 0) is 38.3 Å². The highest BCUT2D eigenvalue weighted by Crippen LogP contribution is 2.34. The van der Waals surface area contributed by atoms with Crippen LogP contribution in [-0.2, 0) is 4.74 Å². The molecular formula is C16H23NO3. The number of carbonyl (C=O) groups excluding carboxylic acids is 1. The van der Waals surface area contributed by atoms with Gasteiger partial charge in [0.15, 0.2) is 0 Å². The molecule has 0 aliphatic carbocycles. The summed E-state index contributed by atoms with van der Waals surface area (Å²) in [4.78, 5) is 14.5. The molecule has 2 rings (SSSR count). The van der Waals surface area contributed by atoms with Crippen LogP contribution in [0, 0.1) is 5.92 Å². The summed E-state index contributed by atoms with van der Waals surface area (Å²) in [5, 5.41) is 9.26. The predicted octanol–water partition coefficient (Wildman–Crippen LogP) is 2.28. The molecule has 110 valence electrons. The minimum atomic E-state index is -0.644. The third kappa shape index (κ3) is 2.86. The van der Waals surface area contributed by atoms with Crippen molar-refractivity contribution in [1.82, 2.24) is 4.90 Å². The Balaban J connectivity index is 2.24. The van der Waals surface area contributed by atoms with Gasteiger partial charge in [-0.2, -0.15) is 0 Å². The Bertz CT molecular complexity index is 462. The van der Waals surface area contributed by atoms with Crippen molar-refractivity contribution in [2.45, 2.75) is 39.0 Å². The Labute approximate surface area is 120 Å². The molecule has 1 amide bonds. The van der Waals surface area contributed by atoms with E-state index in [0.29, 0.717) is 18.6 Å². The van der Waals surface area contributed by atoms with E-state index < -0.39 is 5.72 Å². The second kappa shape index (κ2) is 5.94. The molecule has 1 fully saturated rings. The first-order valence-corrected chi connectivity index (χ1v) is 7.11. The van der Waals surface area contributed by atoms with E-state index in [0.717, 1.165) is 0 Å². The van der Waals surface area contributed by atoms with E-state index in [4.69, 9.17) is 4.74 Å². The van der Waals surface area contributed by atoms with E-state index in [-0.39, 0.29) is 24.5 Å². The fraction of sp³-hybridized carbons (Fsp3) is 0.562. The van der Waals surface area contributed by atoms with Crippen molar-refractivity contribution in [2.75, 3.05) is 13.2 Å². The van der Waals surface area contributed by atoms with E-state index in [1.165, 1.54) is 0 Å². The van der Waals surface area contributed by atoms with Gasteiger partial charge in [-0.25, -0.2) is 0 Å². The van der Waals surface area contributed by atoms with Gasteiger partial charge in [0, 0.05) is 12.2 Å². The van der Waals surface area contributed by atoms with Crippen LogP contribution in [0.5, 0.6) is 0 Å². The molecule has 1 aromatic rings. The molecule has 1 aliphatic heterocycles. The van der Waals surface area contributed by atoms with Crippen LogP contribution < -0.4 is 0 Å². The van der Waals surface area contributed by atoms with Gasteiger partial charge in [-0.1, -0.05) is 25.1 Å². The van der Waals surface area contributed by atoms with Crippen molar-refractivity contribution < 1.29 is 14.6 Å². The van der Waals surface area contributed by atoms with Crippen LogP contribution in [0.2, 0.25) is 0 Å². The Hall–Kier alpha value is -1.39. The average Bonchev–Trinajstić information content (AvgIpc) is 2.74. The number of nitrogens with zero attached hydrogens (tertiary/aromatic N) is 1. The van der Waals surface area contributed by atoms with Crippen molar-refractivity contribution in [3.63, 3.8) is 0 Å². The van der Waals surface area contributed by atoms with Gasteiger partial charge in [-0.15, -0.1) is 0 Å². The minimum absolute atomic E-state index is 0.0109. The number of carbonyl (C=O) groups is 1. The smallest absolute Gasteiger partial charge is 0.256 e. The van der Waals surface area contributed by atoms with Crippen LogP contribution in [0.15, 0.2) is 30.3 Å². The van der Waals surface area contributed by atoms with Gasteiger partial charge in [-0.3, -0.25) is 4.79 Å². The summed E-state index contributed by atoms with van der Waals surface area (Å²) < 4.78 is 5.87. The third-order valence-corrected chi connectivity index (χ3v) is 3.86. The maximum absolute atomic E-state index is 12.7. The second-order valence-corrected chi connectivity index (χ2v) is 5.87. The molecule has 0 unspecified atom stereocenters. The Morgan fingerprint density at radius 3 is 2.75 bits per heavy atom. The fourth-order valence-electron chi connectivity index (χ4n) is 2.91. The summed E-state index contributed by atoms with van der Waals surface area (Å²) in [6.45, 7) is 6.52. The van der Waals surface area contributed by atoms with Gasteiger partial charge in [0.1, 0.15) is 5.72 Å². The van der Waals surface area contributed by atoms with E-state index in [2.05, 4.69) is 0 Å². The molecule has 20 heavy (non-hydrogen) atoms. The monoisotopic (exact) mass is 277 g/mol. The number of hydrogen-bond acceptors (Lipinski definition) is 3. The van der Waals surface area contributed by atoms with Crippen LogP contribution in [0.3, 0.4) is 0 Å². The van der Waals surface area contributed by atoms with Gasteiger partial charge < -0.3 is 14.7 Å². The van der Waals surface area contributed by atoms with Gasteiger partial charge in [0.25, 0.3) is 5.91 Å². The molecule has 0 aromatic heterocycles. The molecule has 0 saturated carbocycles. The topological polar surface area (TPSA) is 49.8 Å². The largest absolute Gasteiger partial charge is 0.396 e. The lowest BCUT2D eigenvalue weighted by atomic mass is 9.98. The minimum Gasteiger partial charge on any atom is -0.396 e. The summed E-state index contributed by atoms with van der Waals surface area (Å²) in [5.74, 6) is 0.0830. The molecule has 1 aromatic carbocycles. The van der Waals surface area contributed by atoms with E-state index >= 15 is 0 Å². The van der Waals surface area contributed by atoms with Gasteiger partial charge in [0.2, 0.25) is 0 Å². The molecule has 0 spiro atoms. The molecule has 1 saturated heterocycles. The molecule has 0 radical (unpaired) electrons. The van der Waals surface area contributed by atoms with Gasteiger partial charge >= 0.3 is 0 Å². The summed E-state index contributed by atoms with van der Waals surface area (Å²) >= 11 is 0. The van der Waals surface area contributed by atoms with Crippen molar-refractivity contribution in [3.8, 4) is 0 Å². The van der Waals surface area contributed by atoms with E-state index in [9.17, 15) is 9.90 Å². The Kier molecular flexibility index (Phi) is 4.45. The van der Waals surface area contributed by atoms with Crippen molar-refractivity contribution in [1.29, 1.82) is 0 Å². The maximum Gasteiger partial charge on any atom is 0.256 e.